The van der Waals surface area contributed by atoms with Crippen molar-refractivity contribution in [3.05, 3.63) is 59.6 Å². The van der Waals surface area contributed by atoms with E-state index in [0.29, 0.717) is 24.6 Å². The molecule has 1 amide bonds. The van der Waals surface area contributed by atoms with Crippen molar-refractivity contribution < 1.29 is 18.3 Å². The fraction of sp³-hybridized carbons (Fsp3) is 0.278. The van der Waals surface area contributed by atoms with Crippen LogP contribution in [-0.2, 0) is 9.53 Å². The third-order valence-electron chi connectivity index (χ3n) is 4.53. The SMILES string of the molecule is C[C@@H](C(=O)Nc1cc(C2COC2)[nH]n1)c1cnn(-c2cc(F)cc(F)c2)c1. The molecule has 0 bridgehead atoms. The smallest absolute Gasteiger partial charge is 0.232 e. The summed E-state index contributed by atoms with van der Waals surface area (Å²) in [7, 11) is 0. The number of anilines is 1. The average molecular weight is 373 g/mol. The number of carbonyl (C=O) groups is 1. The minimum atomic E-state index is -0.695. The molecule has 1 saturated heterocycles. The van der Waals surface area contributed by atoms with Gasteiger partial charge in [0.2, 0.25) is 5.91 Å². The van der Waals surface area contributed by atoms with Crippen LogP contribution in [0.4, 0.5) is 14.6 Å². The lowest BCUT2D eigenvalue weighted by molar-refractivity contribution is -0.117. The lowest BCUT2D eigenvalue weighted by atomic mass is 10.0. The Morgan fingerprint density at radius 1 is 1.30 bits per heavy atom. The molecule has 27 heavy (non-hydrogen) atoms. The fourth-order valence-corrected chi connectivity index (χ4v) is 2.78. The number of ether oxygens (including phenoxy) is 1. The molecule has 0 saturated carbocycles. The summed E-state index contributed by atoms with van der Waals surface area (Å²) in [6.45, 7) is 3.01. The summed E-state index contributed by atoms with van der Waals surface area (Å²) in [5, 5.41) is 13.8. The second-order valence-corrected chi connectivity index (χ2v) is 6.50. The Morgan fingerprint density at radius 3 is 2.70 bits per heavy atom. The summed E-state index contributed by atoms with van der Waals surface area (Å²) >= 11 is 0. The van der Waals surface area contributed by atoms with E-state index in [1.165, 1.54) is 23.0 Å². The van der Waals surface area contributed by atoms with E-state index in [0.717, 1.165) is 11.8 Å². The van der Waals surface area contributed by atoms with Gasteiger partial charge in [0.05, 0.1) is 31.0 Å². The molecular formula is C18H17F2N5O2. The number of H-pyrrole nitrogens is 1. The highest BCUT2D eigenvalue weighted by Crippen LogP contribution is 2.25. The van der Waals surface area contributed by atoms with Crippen molar-refractivity contribution in [2.45, 2.75) is 18.8 Å². The molecule has 1 aliphatic heterocycles. The highest BCUT2D eigenvalue weighted by Gasteiger charge is 2.24. The summed E-state index contributed by atoms with van der Waals surface area (Å²) in [4.78, 5) is 12.5. The second-order valence-electron chi connectivity index (χ2n) is 6.50. The van der Waals surface area contributed by atoms with Crippen molar-refractivity contribution in [1.29, 1.82) is 0 Å². The molecule has 0 aliphatic carbocycles. The van der Waals surface area contributed by atoms with Gasteiger partial charge in [-0.3, -0.25) is 9.89 Å². The lowest BCUT2D eigenvalue weighted by Crippen LogP contribution is -2.25. The van der Waals surface area contributed by atoms with Gasteiger partial charge in [-0.15, -0.1) is 0 Å². The molecule has 2 N–H and O–H groups in total. The van der Waals surface area contributed by atoms with Crippen LogP contribution in [-0.4, -0.2) is 39.1 Å². The molecule has 9 heteroatoms. The van der Waals surface area contributed by atoms with Crippen molar-refractivity contribution in [1.82, 2.24) is 20.0 Å². The minimum absolute atomic E-state index is 0.242. The Balaban J connectivity index is 1.46. The Bertz CT molecular complexity index is 960. The van der Waals surface area contributed by atoms with Gasteiger partial charge in [-0.1, -0.05) is 0 Å². The number of hydrogen-bond donors (Lipinski definition) is 2. The molecule has 1 aliphatic rings. The molecule has 4 rings (SSSR count). The van der Waals surface area contributed by atoms with Gasteiger partial charge < -0.3 is 10.1 Å². The maximum absolute atomic E-state index is 13.4. The van der Waals surface area contributed by atoms with Crippen molar-refractivity contribution in [2.24, 2.45) is 0 Å². The summed E-state index contributed by atoms with van der Waals surface area (Å²) in [6.07, 6.45) is 3.06. The Labute approximate surface area is 153 Å². The molecular weight excluding hydrogens is 356 g/mol. The number of halogens is 2. The Hall–Kier alpha value is -3.07. The van der Waals surface area contributed by atoms with Gasteiger partial charge in [0, 0.05) is 35.5 Å². The van der Waals surface area contributed by atoms with Crippen LogP contribution >= 0.6 is 0 Å². The van der Waals surface area contributed by atoms with Crippen molar-refractivity contribution in [3.63, 3.8) is 0 Å². The number of carbonyl (C=O) groups excluding carboxylic acids is 1. The van der Waals surface area contributed by atoms with Gasteiger partial charge in [0.15, 0.2) is 5.82 Å². The normalized spacial score (nSPS) is 15.4. The van der Waals surface area contributed by atoms with Gasteiger partial charge in [0.25, 0.3) is 0 Å². The monoisotopic (exact) mass is 373 g/mol. The van der Waals surface area contributed by atoms with E-state index in [1.54, 1.807) is 19.2 Å². The molecule has 7 nitrogen and oxygen atoms in total. The quantitative estimate of drug-likeness (QED) is 0.720. The summed E-state index contributed by atoms with van der Waals surface area (Å²) in [5.74, 6) is -1.45. The number of aromatic amines is 1. The largest absolute Gasteiger partial charge is 0.380 e. The molecule has 3 aromatic rings. The number of nitrogens with zero attached hydrogens (tertiary/aromatic N) is 3. The fourth-order valence-electron chi connectivity index (χ4n) is 2.78. The van der Waals surface area contributed by atoms with E-state index >= 15 is 0 Å². The summed E-state index contributed by atoms with van der Waals surface area (Å²) < 4.78 is 33.2. The van der Waals surface area contributed by atoms with Crippen molar-refractivity contribution >= 4 is 11.7 Å². The van der Waals surface area contributed by atoms with E-state index in [-0.39, 0.29) is 17.5 Å². The molecule has 0 radical (unpaired) electrons. The molecule has 0 spiro atoms. The van der Waals surface area contributed by atoms with Crippen molar-refractivity contribution in [3.8, 4) is 5.69 Å². The third-order valence-corrected chi connectivity index (χ3v) is 4.53. The van der Waals surface area contributed by atoms with Gasteiger partial charge in [-0.05, 0) is 19.1 Å². The van der Waals surface area contributed by atoms with E-state index < -0.39 is 17.6 Å². The number of aromatic nitrogens is 4. The van der Waals surface area contributed by atoms with E-state index in [9.17, 15) is 13.6 Å². The minimum Gasteiger partial charge on any atom is -0.380 e. The molecule has 1 atom stereocenters. The number of rotatable bonds is 5. The van der Waals surface area contributed by atoms with Crippen molar-refractivity contribution in [2.75, 3.05) is 18.5 Å². The van der Waals surface area contributed by atoms with Crippen LogP contribution in [0.1, 0.15) is 30.0 Å². The molecule has 140 valence electrons. The zero-order chi connectivity index (χ0) is 19.0. The Morgan fingerprint density at radius 2 is 2.04 bits per heavy atom. The van der Waals surface area contributed by atoms with Crippen LogP contribution in [0.3, 0.4) is 0 Å². The predicted molar refractivity (Wildman–Crippen MR) is 92.7 cm³/mol. The standard InChI is InChI=1S/C18H17F2N5O2/c1-10(18(26)22-17-5-16(23-24-17)12-8-27-9-12)11-6-21-25(7-11)15-3-13(19)2-14(20)4-15/h2-7,10,12H,8-9H2,1H3,(H2,22,23,24,26)/t10-/m1/s1. The highest BCUT2D eigenvalue weighted by molar-refractivity contribution is 5.94. The van der Waals surface area contributed by atoms with Gasteiger partial charge in [0.1, 0.15) is 11.6 Å². The molecule has 1 aromatic carbocycles. The first-order valence-corrected chi connectivity index (χ1v) is 8.44. The maximum atomic E-state index is 13.4. The van der Waals surface area contributed by atoms with Gasteiger partial charge in [-0.2, -0.15) is 10.2 Å². The molecule has 2 aromatic heterocycles. The maximum Gasteiger partial charge on any atom is 0.232 e. The van der Waals surface area contributed by atoms with Crippen LogP contribution in [0.15, 0.2) is 36.7 Å². The van der Waals surface area contributed by atoms with E-state index in [1.807, 2.05) is 0 Å². The molecule has 3 heterocycles. The zero-order valence-electron chi connectivity index (χ0n) is 14.4. The van der Waals surface area contributed by atoms with Crippen LogP contribution in [0, 0.1) is 11.6 Å². The first-order chi connectivity index (χ1) is 13.0. The van der Waals surface area contributed by atoms with Gasteiger partial charge >= 0.3 is 0 Å². The number of nitrogens with one attached hydrogen (secondary N) is 2. The van der Waals surface area contributed by atoms with Crippen LogP contribution in [0.5, 0.6) is 0 Å². The van der Waals surface area contributed by atoms with Crippen LogP contribution < -0.4 is 5.32 Å². The molecule has 0 unspecified atom stereocenters. The molecule has 1 fully saturated rings. The topological polar surface area (TPSA) is 84.8 Å². The van der Waals surface area contributed by atoms with E-state index in [2.05, 4.69) is 20.6 Å². The van der Waals surface area contributed by atoms with Crippen LogP contribution in [0.2, 0.25) is 0 Å². The number of hydrogen-bond acceptors (Lipinski definition) is 4. The Kier molecular flexibility index (Phi) is 4.44. The first-order valence-electron chi connectivity index (χ1n) is 8.44. The third kappa shape index (κ3) is 3.59. The van der Waals surface area contributed by atoms with Gasteiger partial charge in [-0.25, -0.2) is 13.5 Å². The predicted octanol–water partition coefficient (Wildman–Crippen LogP) is 2.73. The number of benzene rings is 1. The number of amides is 1. The average Bonchev–Trinajstić information content (AvgIpc) is 3.21. The van der Waals surface area contributed by atoms with Crippen LogP contribution in [0.25, 0.3) is 5.69 Å². The zero-order valence-corrected chi connectivity index (χ0v) is 14.4. The second kappa shape index (κ2) is 6.92. The first kappa shape index (κ1) is 17.3. The lowest BCUT2D eigenvalue weighted by Gasteiger charge is -2.24. The highest BCUT2D eigenvalue weighted by atomic mass is 19.1. The van der Waals surface area contributed by atoms with E-state index in [4.69, 9.17) is 4.74 Å². The summed E-state index contributed by atoms with van der Waals surface area (Å²) in [6, 6.07) is 4.91. The summed E-state index contributed by atoms with van der Waals surface area (Å²) in [5.41, 5.74) is 1.77.